The van der Waals surface area contributed by atoms with Gasteiger partial charge in [-0.3, -0.25) is 0 Å². The van der Waals surface area contributed by atoms with E-state index in [-0.39, 0.29) is 0 Å². The number of hydrogen-bond acceptors (Lipinski definition) is 5. The molecule has 2 saturated heterocycles. The Bertz CT molecular complexity index is 459. The number of hydrogen-bond donors (Lipinski definition) is 2. The summed E-state index contributed by atoms with van der Waals surface area (Å²) in [4.78, 5) is 11.5. The lowest BCUT2D eigenvalue weighted by atomic mass is 10.1. The highest BCUT2D eigenvalue weighted by molar-refractivity contribution is 5.44. The van der Waals surface area contributed by atoms with E-state index in [1.54, 1.807) is 0 Å². The molecule has 3 heterocycles. The van der Waals surface area contributed by atoms with Crippen LogP contribution in [0.15, 0.2) is 12.3 Å². The second kappa shape index (κ2) is 5.20. The first-order valence-electron chi connectivity index (χ1n) is 7.96. The van der Waals surface area contributed by atoms with Gasteiger partial charge in [-0.15, -0.1) is 0 Å². The number of rotatable bonds is 3. The molecule has 2 N–H and O–H groups in total. The third kappa shape index (κ3) is 2.35. The van der Waals surface area contributed by atoms with Crippen molar-refractivity contribution in [3.05, 3.63) is 12.3 Å². The molecule has 0 bridgehead atoms. The predicted molar refractivity (Wildman–Crippen MR) is 80.0 cm³/mol. The van der Waals surface area contributed by atoms with Crippen molar-refractivity contribution < 1.29 is 0 Å². The maximum Gasteiger partial charge on any atom is 0.224 e. The van der Waals surface area contributed by atoms with Gasteiger partial charge >= 0.3 is 0 Å². The SMILES string of the molecule is c1cc(N2C[C@H]3CCN[C@H]3C2)nc(NC2CCCC2)n1. The molecule has 1 saturated carbocycles. The zero-order chi connectivity index (χ0) is 13.4. The summed E-state index contributed by atoms with van der Waals surface area (Å²) in [6.45, 7) is 3.41. The summed E-state index contributed by atoms with van der Waals surface area (Å²) in [6.07, 6.45) is 8.37. The van der Waals surface area contributed by atoms with E-state index in [0.717, 1.165) is 30.8 Å². The van der Waals surface area contributed by atoms with E-state index in [0.29, 0.717) is 12.1 Å². The molecule has 0 aromatic carbocycles. The molecule has 2 aliphatic heterocycles. The minimum Gasteiger partial charge on any atom is -0.355 e. The summed E-state index contributed by atoms with van der Waals surface area (Å²) in [5, 5.41) is 7.08. The molecule has 1 aliphatic carbocycles. The van der Waals surface area contributed by atoms with Crippen molar-refractivity contribution in [1.82, 2.24) is 15.3 Å². The summed E-state index contributed by atoms with van der Waals surface area (Å²) in [5.74, 6) is 2.69. The van der Waals surface area contributed by atoms with Crippen molar-refractivity contribution >= 4 is 11.8 Å². The number of nitrogens with one attached hydrogen (secondary N) is 2. The van der Waals surface area contributed by atoms with Crippen LogP contribution in [-0.2, 0) is 0 Å². The average molecular weight is 273 g/mol. The first kappa shape index (κ1) is 12.4. The molecule has 5 heteroatoms. The molecule has 3 fully saturated rings. The molecule has 108 valence electrons. The number of nitrogens with zero attached hydrogens (tertiary/aromatic N) is 3. The Kier molecular flexibility index (Phi) is 3.22. The lowest BCUT2D eigenvalue weighted by Gasteiger charge is -2.19. The molecule has 0 radical (unpaired) electrons. The van der Waals surface area contributed by atoms with E-state index in [4.69, 9.17) is 4.98 Å². The standard InChI is InChI=1S/C15H23N5/c1-2-4-12(3-1)18-15-17-8-6-14(19-15)20-9-11-5-7-16-13(11)10-20/h6,8,11-13,16H,1-5,7,9-10H2,(H,17,18,19)/t11-,13+/m1/s1. The zero-order valence-corrected chi connectivity index (χ0v) is 11.9. The molecular weight excluding hydrogens is 250 g/mol. The van der Waals surface area contributed by atoms with Crippen LogP contribution in [0, 0.1) is 5.92 Å². The van der Waals surface area contributed by atoms with Gasteiger partial charge in [-0.1, -0.05) is 12.8 Å². The molecule has 4 rings (SSSR count). The number of aromatic nitrogens is 2. The Morgan fingerprint density at radius 2 is 2.10 bits per heavy atom. The van der Waals surface area contributed by atoms with Crippen LogP contribution >= 0.6 is 0 Å². The van der Waals surface area contributed by atoms with Gasteiger partial charge in [0, 0.05) is 31.4 Å². The molecule has 0 amide bonds. The molecule has 1 aromatic rings. The summed E-state index contributed by atoms with van der Waals surface area (Å²) in [6, 6.07) is 3.28. The minimum atomic E-state index is 0.574. The number of fused-ring (bicyclic) bond motifs is 1. The van der Waals surface area contributed by atoms with Gasteiger partial charge in [0.1, 0.15) is 5.82 Å². The molecule has 3 aliphatic rings. The quantitative estimate of drug-likeness (QED) is 0.876. The van der Waals surface area contributed by atoms with Crippen molar-refractivity contribution in [3.63, 3.8) is 0 Å². The zero-order valence-electron chi connectivity index (χ0n) is 11.9. The highest BCUT2D eigenvalue weighted by Gasteiger charge is 2.36. The summed E-state index contributed by atoms with van der Waals surface area (Å²) < 4.78 is 0. The van der Waals surface area contributed by atoms with Gasteiger partial charge in [0.2, 0.25) is 5.95 Å². The average Bonchev–Trinajstić information content (AvgIpc) is 3.14. The van der Waals surface area contributed by atoms with Gasteiger partial charge in [0.05, 0.1) is 0 Å². The molecule has 5 nitrogen and oxygen atoms in total. The summed E-state index contributed by atoms with van der Waals surface area (Å²) >= 11 is 0. The molecule has 2 atom stereocenters. The van der Waals surface area contributed by atoms with Crippen LogP contribution in [0.3, 0.4) is 0 Å². The Hall–Kier alpha value is -1.36. The molecule has 0 unspecified atom stereocenters. The summed E-state index contributed by atoms with van der Waals surface area (Å²) in [7, 11) is 0. The van der Waals surface area contributed by atoms with Crippen LogP contribution in [0.4, 0.5) is 11.8 Å². The Morgan fingerprint density at radius 1 is 1.20 bits per heavy atom. The van der Waals surface area contributed by atoms with Crippen molar-refractivity contribution in [2.75, 3.05) is 29.9 Å². The molecule has 0 spiro atoms. The Morgan fingerprint density at radius 3 is 2.95 bits per heavy atom. The first-order valence-corrected chi connectivity index (χ1v) is 7.96. The van der Waals surface area contributed by atoms with Gasteiger partial charge in [-0.25, -0.2) is 4.98 Å². The van der Waals surface area contributed by atoms with Crippen molar-refractivity contribution in [2.45, 2.75) is 44.2 Å². The van der Waals surface area contributed by atoms with Crippen LogP contribution in [0.2, 0.25) is 0 Å². The first-order chi connectivity index (χ1) is 9.88. The van der Waals surface area contributed by atoms with E-state index in [1.807, 2.05) is 12.3 Å². The van der Waals surface area contributed by atoms with Crippen LogP contribution in [-0.4, -0.2) is 41.7 Å². The lowest BCUT2D eigenvalue weighted by molar-refractivity contribution is 0.556. The third-order valence-corrected chi connectivity index (χ3v) is 5.02. The molecule has 20 heavy (non-hydrogen) atoms. The van der Waals surface area contributed by atoms with E-state index in [9.17, 15) is 0 Å². The van der Waals surface area contributed by atoms with E-state index >= 15 is 0 Å². The normalized spacial score (nSPS) is 29.9. The third-order valence-electron chi connectivity index (χ3n) is 5.02. The highest BCUT2D eigenvalue weighted by atomic mass is 15.3. The van der Waals surface area contributed by atoms with Crippen LogP contribution in [0.25, 0.3) is 0 Å². The summed E-state index contributed by atoms with van der Waals surface area (Å²) in [5.41, 5.74) is 0. The van der Waals surface area contributed by atoms with E-state index in [1.165, 1.54) is 38.6 Å². The maximum absolute atomic E-state index is 4.72. The minimum absolute atomic E-state index is 0.574. The predicted octanol–water partition coefficient (Wildman–Crippen LogP) is 1.63. The smallest absolute Gasteiger partial charge is 0.224 e. The second-order valence-electron chi connectivity index (χ2n) is 6.38. The van der Waals surface area contributed by atoms with E-state index < -0.39 is 0 Å². The lowest BCUT2D eigenvalue weighted by Crippen LogP contribution is -2.30. The fourth-order valence-corrected chi connectivity index (χ4v) is 3.88. The Labute approximate surface area is 120 Å². The topological polar surface area (TPSA) is 53.1 Å². The second-order valence-corrected chi connectivity index (χ2v) is 6.38. The van der Waals surface area contributed by atoms with Gasteiger partial charge in [-0.05, 0) is 37.8 Å². The molecule has 1 aromatic heterocycles. The van der Waals surface area contributed by atoms with Gasteiger partial charge in [0.25, 0.3) is 0 Å². The maximum atomic E-state index is 4.72. The van der Waals surface area contributed by atoms with Gasteiger partial charge in [-0.2, -0.15) is 4.98 Å². The van der Waals surface area contributed by atoms with Crippen molar-refractivity contribution in [2.24, 2.45) is 5.92 Å². The van der Waals surface area contributed by atoms with Crippen LogP contribution in [0.5, 0.6) is 0 Å². The van der Waals surface area contributed by atoms with Crippen molar-refractivity contribution in [1.29, 1.82) is 0 Å². The largest absolute Gasteiger partial charge is 0.355 e. The van der Waals surface area contributed by atoms with Gasteiger partial charge < -0.3 is 15.5 Å². The van der Waals surface area contributed by atoms with Gasteiger partial charge in [0.15, 0.2) is 0 Å². The van der Waals surface area contributed by atoms with Crippen LogP contribution < -0.4 is 15.5 Å². The van der Waals surface area contributed by atoms with Crippen molar-refractivity contribution in [3.8, 4) is 0 Å². The molecular formula is C15H23N5. The number of anilines is 2. The fourth-order valence-electron chi connectivity index (χ4n) is 3.88. The monoisotopic (exact) mass is 273 g/mol. The van der Waals surface area contributed by atoms with E-state index in [2.05, 4.69) is 20.5 Å². The Balaban J connectivity index is 1.45. The fraction of sp³-hybridized carbons (Fsp3) is 0.733. The highest BCUT2D eigenvalue weighted by Crippen LogP contribution is 2.28. The van der Waals surface area contributed by atoms with Crippen LogP contribution in [0.1, 0.15) is 32.1 Å².